The van der Waals surface area contributed by atoms with Crippen molar-refractivity contribution >= 4 is 22.3 Å². The van der Waals surface area contributed by atoms with Crippen LogP contribution in [0.3, 0.4) is 0 Å². The first-order chi connectivity index (χ1) is 12.3. The van der Waals surface area contributed by atoms with Crippen molar-refractivity contribution in [1.82, 2.24) is 4.98 Å². The van der Waals surface area contributed by atoms with Gasteiger partial charge in [0.25, 0.3) is 0 Å². The summed E-state index contributed by atoms with van der Waals surface area (Å²) in [6, 6.07) is 13.6. The third kappa shape index (κ3) is 3.60. The van der Waals surface area contributed by atoms with Crippen LogP contribution in [0.25, 0.3) is 10.9 Å². The van der Waals surface area contributed by atoms with Crippen molar-refractivity contribution in [2.24, 2.45) is 0 Å². The number of hydrogen-bond donors (Lipinski definition) is 1. The van der Waals surface area contributed by atoms with Gasteiger partial charge < -0.3 is 19.5 Å². The van der Waals surface area contributed by atoms with E-state index in [0.717, 1.165) is 28.0 Å². The number of anilines is 2. The lowest BCUT2D eigenvalue weighted by Crippen LogP contribution is -2.00. The first kappa shape index (κ1) is 16.9. The lowest BCUT2D eigenvalue weighted by Gasteiger charge is -2.15. The fourth-order valence-corrected chi connectivity index (χ4v) is 2.69. The van der Waals surface area contributed by atoms with Crippen LogP contribution in [0.4, 0.5) is 11.4 Å². The number of nitrogens with zero attached hydrogens (tertiary/aromatic N) is 1. The maximum absolute atomic E-state index is 5.74. The van der Waals surface area contributed by atoms with E-state index in [1.165, 1.54) is 0 Å². The standard InChI is InChI=1S/C20H22N2O3/c1-4-24-19-12-14-15(22-16-8-6-7-9-18(16)23-3)10-11-21-17(14)13-20(19)25-5-2/h6-13H,4-5H2,1-3H3,(H,21,22). The summed E-state index contributed by atoms with van der Waals surface area (Å²) in [5.41, 5.74) is 2.66. The van der Waals surface area contributed by atoms with Crippen LogP contribution in [0.5, 0.6) is 17.2 Å². The second kappa shape index (κ2) is 7.75. The molecular weight excluding hydrogens is 316 g/mol. The first-order valence-corrected chi connectivity index (χ1v) is 8.35. The van der Waals surface area contributed by atoms with Gasteiger partial charge >= 0.3 is 0 Å². The third-order valence-electron chi connectivity index (χ3n) is 3.78. The number of para-hydroxylation sites is 2. The van der Waals surface area contributed by atoms with Crippen molar-refractivity contribution in [3.63, 3.8) is 0 Å². The Morgan fingerprint density at radius 2 is 1.60 bits per heavy atom. The summed E-state index contributed by atoms with van der Waals surface area (Å²) < 4.78 is 16.8. The fraction of sp³-hybridized carbons (Fsp3) is 0.250. The maximum Gasteiger partial charge on any atom is 0.163 e. The lowest BCUT2D eigenvalue weighted by molar-refractivity contribution is 0.288. The predicted molar refractivity (Wildman–Crippen MR) is 100 cm³/mol. The summed E-state index contributed by atoms with van der Waals surface area (Å²) in [4.78, 5) is 4.46. The zero-order valence-corrected chi connectivity index (χ0v) is 14.7. The molecule has 0 saturated carbocycles. The molecule has 2 aromatic carbocycles. The summed E-state index contributed by atoms with van der Waals surface area (Å²) in [5.74, 6) is 2.20. The first-order valence-electron chi connectivity index (χ1n) is 8.35. The van der Waals surface area contributed by atoms with Crippen molar-refractivity contribution in [2.75, 3.05) is 25.6 Å². The Hall–Kier alpha value is -2.95. The minimum Gasteiger partial charge on any atom is -0.495 e. The molecule has 5 heteroatoms. The number of benzene rings is 2. The number of nitrogens with one attached hydrogen (secondary N) is 1. The second-order valence-electron chi connectivity index (χ2n) is 5.37. The molecule has 0 fully saturated rings. The van der Waals surface area contributed by atoms with E-state index in [2.05, 4.69) is 10.3 Å². The molecule has 130 valence electrons. The van der Waals surface area contributed by atoms with Gasteiger partial charge in [0.1, 0.15) is 5.75 Å². The maximum atomic E-state index is 5.74. The van der Waals surface area contributed by atoms with Gasteiger partial charge in [0.05, 0.1) is 31.5 Å². The van der Waals surface area contributed by atoms with Crippen LogP contribution in [0.15, 0.2) is 48.7 Å². The highest BCUT2D eigenvalue weighted by molar-refractivity contribution is 5.95. The molecule has 5 nitrogen and oxygen atoms in total. The van der Waals surface area contributed by atoms with Crippen LogP contribution in [-0.4, -0.2) is 25.3 Å². The Kier molecular flexibility index (Phi) is 5.23. The molecule has 0 aliphatic heterocycles. The number of fused-ring (bicyclic) bond motifs is 1. The monoisotopic (exact) mass is 338 g/mol. The molecule has 3 rings (SSSR count). The summed E-state index contributed by atoms with van der Waals surface area (Å²) >= 11 is 0. The number of aromatic nitrogens is 1. The largest absolute Gasteiger partial charge is 0.495 e. The van der Waals surface area contributed by atoms with Gasteiger partial charge in [0.15, 0.2) is 11.5 Å². The molecule has 0 bridgehead atoms. The van der Waals surface area contributed by atoms with Crippen LogP contribution in [0.1, 0.15) is 13.8 Å². The minimum atomic E-state index is 0.571. The van der Waals surface area contributed by atoms with E-state index in [4.69, 9.17) is 14.2 Å². The van der Waals surface area contributed by atoms with Gasteiger partial charge in [-0.05, 0) is 38.1 Å². The summed E-state index contributed by atoms with van der Waals surface area (Å²) in [6.45, 7) is 5.05. The van der Waals surface area contributed by atoms with Crippen LogP contribution in [0.2, 0.25) is 0 Å². The SMILES string of the molecule is CCOc1cc2nccc(Nc3ccccc3OC)c2cc1OCC. The second-order valence-corrected chi connectivity index (χ2v) is 5.37. The quantitative estimate of drug-likeness (QED) is 0.671. The normalized spacial score (nSPS) is 10.5. The molecule has 0 aliphatic rings. The molecule has 0 aliphatic carbocycles. The average Bonchev–Trinajstić information content (AvgIpc) is 2.63. The lowest BCUT2D eigenvalue weighted by atomic mass is 10.1. The van der Waals surface area contributed by atoms with Gasteiger partial charge in [-0.2, -0.15) is 0 Å². The zero-order chi connectivity index (χ0) is 17.6. The summed E-state index contributed by atoms with van der Waals surface area (Å²) in [7, 11) is 1.66. The van der Waals surface area contributed by atoms with Crippen molar-refractivity contribution in [3.05, 3.63) is 48.7 Å². The number of hydrogen-bond acceptors (Lipinski definition) is 5. The Morgan fingerprint density at radius 3 is 2.32 bits per heavy atom. The van der Waals surface area contributed by atoms with Gasteiger partial charge in [-0.1, -0.05) is 12.1 Å². The van der Waals surface area contributed by atoms with Crippen molar-refractivity contribution in [3.8, 4) is 17.2 Å². The molecule has 0 saturated heterocycles. The summed E-state index contributed by atoms with van der Waals surface area (Å²) in [6.07, 6.45) is 1.77. The van der Waals surface area contributed by atoms with Crippen LogP contribution in [-0.2, 0) is 0 Å². The highest BCUT2D eigenvalue weighted by Gasteiger charge is 2.12. The van der Waals surface area contributed by atoms with E-state index < -0.39 is 0 Å². The van der Waals surface area contributed by atoms with E-state index in [0.29, 0.717) is 24.7 Å². The Bertz CT molecular complexity index is 865. The number of rotatable bonds is 7. The minimum absolute atomic E-state index is 0.571. The van der Waals surface area contributed by atoms with Gasteiger partial charge in [0.2, 0.25) is 0 Å². The van der Waals surface area contributed by atoms with Crippen molar-refractivity contribution in [1.29, 1.82) is 0 Å². The van der Waals surface area contributed by atoms with Gasteiger partial charge in [0, 0.05) is 23.3 Å². The average molecular weight is 338 g/mol. The van der Waals surface area contributed by atoms with Crippen molar-refractivity contribution in [2.45, 2.75) is 13.8 Å². The van der Waals surface area contributed by atoms with Crippen LogP contribution in [0, 0.1) is 0 Å². The molecular formula is C20H22N2O3. The van der Waals surface area contributed by atoms with Gasteiger partial charge in [-0.3, -0.25) is 4.98 Å². The van der Waals surface area contributed by atoms with E-state index in [1.807, 2.05) is 56.3 Å². The summed E-state index contributed by atoms with van der Waals surface area (Å²) in [5, 5.41) is 4.38. The van der Waals surface area contributed by atoms with Crippen LogP contribution < -0.4 is 19.5 Å². The van der Waals surface area contributed by atoms with E-state index >= 15 is 0 Å². The van der Waals surface area contributed by atoms with E-state index in [-0.39, 0.29) is 0 Å². The molecule has 3 aromatic rings. The predicted octanol–water partition coefficient (Wildman–Crippen LogP) is 4.78. The zero-order valence-electron chi connectivity index (χ0n) is 14.7. The highest BCUT2D eigenvalue weighted by atomic mass is 16.5. The molecule has 0 spiro atoms. The third-order valence-corrected chi connectivity index (χ3v) is 3.78. The number of methoxy groups -OCH3 is 1. The molecule has 1 heterocycles. The number of ether oxygens (including phenoxy) is 3. The highest BCUT2D eigenvalue weighted by Crippen LogP contribution is 2.37. The molecule has 1 N–H and O–H groups in total. The van der Waals surface area contributed by atoms with Crippen molar-refractivity contribution < 1.29 is 14.2 Å². The molecule has 25 heavy (non-hydrogen) atoms. The Balaban J connectivity index is 2.07. The Labute approximate surface area is 147 Å². The van der Waals surface area contributed by atoms with E-state index in [9.17, 15) is 0 Å². The molecule has 0 amide bonds. The van der Waals surface area contributed by atoms with Gasteiger partial charge in [-0.15, -0.1) is 0 Å². The Morgan fingerprint density at radius 1 is 0.880 bits per heavy atom. The van der Waals surface area contributed by atoms with Crippen LogP contribution >= 0.6 is 0 Å². The molecule has 0 unspecified atom stereocenters. The van der Waals surface area contributed by atoms with E-state index in [1.54, 1.807) is 13.3 Å². The fourth-order valence-electron chi connectivity index (χ4n) is 2.69. The molecule has 0 atom stereocenters. The molecule has 1 aromatic heterocycles. The van der Waals surface area contributed by atoms with Gasteiger partial charge in [-0.25, -0.2) is 0 Å². The topological polar surface area (TPSA) is 52.6 Å². The smallest absolute Gasteiger partial charge is 0.163 e. The number of pyridine rings is 1. The molecule has 0 radical (unpaired) electrons.